The molecule has 0 amide bonds. The van der Waals surface area contributed by atoms with Crippen molar-refractivity contribution in [2.45, 2.75) is 12.8 Å². The highest BCUT2D eigenvalue weighted by atomic mass is 32.2. The molecular formula is C5H6O3S. The predicted octanol–water partition coefficient (Wildman–Crippen LogP) is -0.375. The van der Waals surface area contributed by atoms with Crippen LogP contribution in [0, 0.1) is 0 Å². The minimum Gasteiger partial charge on any atom is -0.609 e. The second kappa shape index (κ2) is 2.49. The van der Waals surface area contributed by atoms with Gasteiger partial charge in [0.05, 0.1) is 0 Å². The zero-order valence-electron chi connectivity index (χ0n) is 4.75. The van der Waals surface area contributed by atoms with Crippen molar-refractivity contribution in [1.82, 2.24) is 0 Å². The summed E-state index contributed by atoms with van der Waals surface area (Å²) in [4.78, 5) is 20.9. The van der Waals surface area contributed by atoms with Crippen LogP contribution in [0.25, 0.3) is 0 Å². The van der Waals surface area contributed by atoms with E-state index < -0.39 is 22.1 Å². The van der Waals surface area contributed by atoms with Gasteiger partial charge in [0.1, 0.15) is 5.75 Å². The third kappa shape index (κ3) is 1.31. The molecule has 1 saturated heterocycles. The molecule has 3 nitrogen and oxygen atoms in total. The van der Waals surface area contributed by atoms with Crippen LogP contribution in [0.15, 0.2) is 0 Å². The van der Waals surface area contributed by atoms with E-state index in [9.17, 15) is 14.1 Å². The van der Waals surface area contributed by atoms with Gasteiger partial charge in [0, 0.05) is 24.0 Å². The molecular weight excluding hydrogens is 140 g/mol. The van der Waals surface area contributed by atoms with E-state index in [1.165, 1.54) is 0 Å². The van der Waals surface area contributed by atoms with Gasteiger partial charge >= 0.3 is 5.12 Å². The molecule has 0 N–H and O–H groups in total. The largest absolute Gasteiger partial charge is 0.609 e. The van der Waals surface area contributed by atoms with Crippen LogP contribution in [0.3, 0.4) is 0 Å². The molecule has 0 aliphatic carbocycles. The summed E-state index contributed by atoms with van der Waals surface area (Å²) in [5.41, 5.74) is 0. The molecule has 0 saturated carbocycles. The van der Waals surface area contributed by atoms with Gasteiger partial charge in [-0.1, -0.05) is 0 Å². The Hall–Kier alpha value is -0.350. The van der Waals surface area contributed by atoms with Crippen molar-refractivity contribution >= 4 is 22.1 Å². The first-order valence-corrected chi connectivity index (χ1v) is 3.99. The Morgan fingerprint density at radius 1 is 1.44 bits per heavy atom. The lowest BCUT2D eigenvalue weighted by molar-refractivity contribution is -0.132. The smallest absolute Gasteiger partial charge is 0.395 e. The number of hydrogen-bond acceptors (Lipinski definition) is 3. The number of carbonyl (C=O) groups excluding carboxylic acids is 2. The molecule has 0 aromatic rings. The maximum atomic E-state index is 10.5. The van der Waals surface area contributed by atoms with Crippen LogP contribution in [-0.2, 0) is 20.8 Å². The Labute approximate surface area is 55.6 Å². The fourth-order valence-electron chi connectivity index (χ4n) is 0.686. The van der Waals surface area contributed by atoms with E-state index in [-0.39, 0.29) is 6.42 Å². The van der Waals surface area contributed by atoms with Gasteiger partial charge in [0.25, 0.3) is 5.78 Å². The van der Waals surface area contributed by atoms with E-state index >= 15 is 0 Å². The SMILES string of the molecule is O=C1CCC[S+]([O-])C1=O. The maximum Gasteiger partial charge on any atom is 0.395 e. The first-order valence-electron chi connectivity index (χ1n) is 2.67. The average molecular weight is 146 g/mol. The minimum atomic E-state index is -1.50. The zero-order valence-corrected chi connectivity index (χ0v) is 5.57. The molecule has 0 radical (unpaired) electrons. The number of hydrogen-bond donors (Lipinski definition) is 0. The van der Waals surface area contributed by atoms with Crippen LogP contribution in [0.1, 0.15) is 12.8 Å². The van der Waals surface area contributed by atoms with Gasteiger partial charge in [-0.3, -0.25) is 4.79 Å². The normalized spacial score (nSPS) is 28.8. The molecule has 1 rings (SSSR count). The van der Waals surface area contributed by atoms with Gasteiger partial charge in [-0.2, -0.15) is 0 Å². The van der Waals surface area contributed by atoms with E-state index in [0.29, 0.717) is 12.2 Å². The Morgan fingerprint density at radius 3 is 2.56 bits per heavy atom. The van der Waals surface area contributed by atoms with Gasteiger partial charge in [-0.15, -0.1) is 0 Å². The minimum absolute atomic E-state index is 0.282. The van der Waals surface area contributed by atoms with Crippen molar-refractivity contribution in [2.24, 2.45) is 0 Å². The molecule has 9 heavy (non-hydrogen) atoms. The maximum absolute atomic E-state index is 10.5. The summed E-state index contributed by atoms with van der Waals surface area (Å²) < 4.78 is 10.5. The van der Waals surface area contributed by atoms with E-state index in [4.69, 9.17) is 0 Å². The summed E-state index contributed by atoms with van der Waals surface area (Å²) in [6.07, 6.45) is 0.877. The van der Waals surface area contributed by atoms with Crippen molar-refractivity contribution in [3.8, 4) is 0 Å². The first-order chi connectivity index (χ1) is 4.22. The first kappa shape index (κ1) is 6.77. The Kier molecular flexibility index (Phi) is 1.87. The Morgan fingerprint density at radius 2 is 2.11 bits per heavy atom. The molecule has 1 aliphatic heterocycles. The van der Waals surface area contributed by atoms with E-state index in [1.54, 1.807) is 0 Å². The van der Waals surface area contributed by atoms with E-state index in [2.05, 4.69) is 0 Å². The summed E-state index contributed by atoms with van der Waals surface area (Å²) in [5, 5.41) is -0.693. The molecule has 0 spiro atoms. The zero-order chi connectivity index (χ0) is 6.85. The highest BCUT2D eigenvalue weighted by Crippen LogP contribution is 2.08. The molecule has 0 bridgehead atoms. The third-order valence-electron chi connectivity index (χ3n) is 1.17. The molecule has 0 aromatic carbocycles. The highest BCUT2D eigenvalue weighted by Gasteiger charge is 2.31. The van der Waals surface area contributed by atoms with Crippen molar-refractivity contribution in [3.63, 3.8) is 0 Å². The number of carbonyl (C=O) groups is 2. The monoisotopic (exact) mass is 146 g/mol. The van der Waals surface area contributed by atoms with E-state index in [1.807, 2.05) is 0 Å². The fourth-order valence-corrected chi connectivity index (χ4v) is 1.63. The standard InChI is InChI=1S/C5H6O3S/c6-4-2-1-3-9(8)5(4)7/h1-3H2. The molecule has 0 aromatic heterocycles. The summed E-state index contributed by atoms with van der Waals surface area (Å²) in [7, 11) is 0. The average Bonchev–Trinajstić information content (AvgIpc) is 1.83. The molecule has 50 valence electrons. The van der Waals surface area contributed by atoms with Gasteiger partial charge in [-0.25, -0.2) is 4.79 Å². The summed E-state index contributed by atoms with van der Waals surface area (Å²) in [6.45, 7) is 0. The molecule has 1 atom stereocenters. The van der Waals surface area contributed by atoms with Crippen LogP contribution in [0.2, 0.25) is 0 Å². The van der Waals surface area contributed by atoms with Crippen LogP contribution < -0.4 is 0 Å². The molecule has 1 aliphatic rings. The van der Waals surface area contributed by atoms with E-state index in [0.717, 1.165) is 0 Å². The Balaban J connectivity index is 2.62. The van der Waals surface area contributed by atoms with Crippen molar-refractivity contribution in [1.29, 1.82) is 0 Å². The van der Waals surface area contributed by atoms with Gasteiger partial charge in [0.15, 0.2) is 0 Å². The van der Waals surface area contributed by atoms with Crippen molar-refractivity contribution in [2.75, 3.05) is 5.75 Å². The van der Waals surface area contributed by atoms with Gasteiger partial charge < -0.3 is 4.55 Å². The summed E-state index contributed by atoms with van der Waals surface area (Å²) in [5.74, 6) is -0.107. The summed E-state index contributed by atoms with van der Waals surface area (Å²) in [6, 6.07) is 0. The van der Waals surface area contributed by atoms with Gasteiger partial charge in [0.2, 0.25) is 0 Å². The second-order valence-corrected chi connectivity index (χ2v) is 3.33. The van der Waals surface area contributed by atoms with Crippen LogP contribution in [0.4, 0.5) is 0 Å². The second-order valence-electron chi connectivity index (χ2n) is 1.86. The Bertz CT molecular complexity index is 154. The number of Topliss-reactive ketones (excluding diaryl/α,β-unsaturated/α-hetero) is 1. The lowest BCUT2D eigenvalue weighted by atomic mass is 10.2. The highest BCUT2D eigenvalue weighted by molar-refractivity contribution is 8.08. The van der Waals surface area contributed by atoms with Gasteiger partial charge in [-0.05, 0) is 0 Å². The van der Waals surface area contributed by atoms with Crippen molar-refractivity contribution < 1.29 is 14.1 Å². The number of ketones is 1. The lowest BCUT2D eigenvalue weighted by Gasteiger charge is -2.10. The lowest BCUT2D eigenvalue weighted by Crippen LogP contribution is -2.31. The summed E-state index contributed by atoms with van der Waals surface area (Å²) >= 11 is -1.50. The quantitative estimate of drug-likeness (QED) is 0.346. The molecule has 1 fully saturated rings. The van der Waals surface area contributed by atoms with Crippen LogP contribution in [-0.4, -0.2) is 21.2 Å². The molecule has 1 unspecified atom stereocenters. The van der Waals surface area contributed by atoms with Crippen LogP contribution in [0.5, 0.6) is 0 Å². The molecule has 1 heterocycles. The third-order valence-corrected chi connectivity index (χ3v) is 2.47. The molecule has 4 heteroatoms. The topological polar surface area (TPSA) is 57.2 Å². The predicted molar refractivity (Wildman–Crippen MR) is 32.3 cm³/mol. The van der Waals surface area contributed by atoms with Crippen molar-refractivity contribution in [3.05, 3.63) is 0 Å². The van der Waals surface area contributed by atoms with Crippen LogP contribution >= 0.6 is 0 Å². The fraction of sp³-hybridized carbons (Fsp3) is 0.600. The number of rotatable bonds is 0.